The quantitative estimate of drug-likeness (QED) is 0.428. The van der Waals surface area contributed by atoms with E-state index in [2.05, 4.69) is 18.9 Å². The molecule has 4 atom stereocenters. The normalized spacial score (nSPS) is 26.9. The monoisotopic (exact) mass is 493 g/mol. The van der Waals surface area contributed by atoms with Crippen LogP contribution in [0.5, 0.6) is 11.5 Å². The molecule has 0 spiro atoms. The molecular formula is C29H32ClNO4. The molecular weight excluding hydrogens is 462 g/mol. The second-order valence-electron chi connectivity index (χ2n) is 9.58. The summed E-state index contributed by atoms with van der Waals surface area (Å²) >= 11 is 6.20. The van der Waals surface area contributed by atoms with Gasteiger partial charge in [-0.25, -0.2) is 0 Å². The standard InChI is InChI=1S/C29H32ClNO4/c1-3-31(2)16-7-17-34-23-14-15-24-26(18-23)35-29(21-10-12-22(30)13-11-21)25(19-27(32)28(24,29)33)20-8-5-4-6-9-20/h4-6,8-15,18,25,27,32-33H,3,7,16-17,19H2,1-2H3/t25-,27-,28-,29-/m0/s1. The van der Waals surface area contributed by atoms with Crippen LogP contribution in [0.25, 0.3) is 0 Å². The maximum absolute atomic E-state index is 12.3. The Bertz CT molecular complexity index is 1170. The fourth-order valence-corrected chi connectivity index (χ4v) is 5.81. The highest BCUT2D eigenvalue weighted by Gasteiger charge is 2.72. The van der Waals surface area contributed by atoms with Gasteiger partial charge in [0.05, 0.1) is 12.7 Å². The first kappa shape index (κ1) is 24.1. The summed E-state index contributed by atoms with van der Waals surface area (Å²) in [6.07, 6.45) is 0.266. The topological polar surface area (TPSA) is 62.2 Å². The summed E-state index contributed by atoms with van der Waals surface area (Å²) in [7, 11) is 2.09. The summed E-state index contributed by atoms with van der Waals surface area (Å²) in [5.41, 5.74) is -0.475. The van der Waals surface area contributed by atoms with Crippen LogP contribution in [0.15, 0.2) is 72.8 Å². The minimum absolute atomic E-state index is 0.272. The molecule has 2 aliphatic rings. The lowest BCUT2D eigenvalue weighted by molar-refractivity contribution is -0.149. The van der Waals surface area contributed by atoms with E-state index in [0.29, 0.717) is 35.1 Å². The molecule has 5 rings (SSSR count). The number of fused-ring (bicyclic) bond motifs is 3. The van der Waals surface area contributed by atoms with Gasteiger partial charge in [0, 0.05) is 29.1 Å². The number of halogens is 1. The highest BCUT2D eigenvalue weighted by Crippen LogP contribution is 2.66. The van der Waals surface area contributed by atoms with Crippen molar-refractivity contribution in [1.29, 1.82) is 0 Å². The summed E-state index contributed by atoms with van der Waals surface area (Å²) in [6.45, 7) is 4.68. The van der Waals surface area contributed by atoms with Crippen LogP contribution in [-0.4, -0.2) is 48.0 Å². The van der Waals surface area contributed by atoms with Gasteiger partial charge in [-0.2, -0.15) is 0 Å². The number of aliphatic hydroxyl groups excluding tert-OH is 1. The summed E-state index contributed by atoms with van der Waals surface area (Å²) in [4.78, 5) is 2.24. The first-order chi connectivity index (χ1) is 16.9. The lowest BCUT2D eigenvalue weighted by Gasteiger charge is -2.40. The number of nitrogens with zero attached hydrogens (tertiary/aromatic N) is 1. The number of hydrogen-bond donors (Lipinski definition) is 2. The maximum Gasteiger partial charge on any atom is 0.176 e. The highest BCUT2D eigenvalue weighted by atomic mass is 35.5. The number of aliphatic hydroxyl groups is 2. The zero-order valence-electron chi connectivity index (χ0n) is 20.2. The molecule has 35 heavy (non-hydrogen) atoms. The SMILES string of the molecule is CCN(C)CCCOc1ccc2c(c1)O[C@@]1(c3ccc(Cl)cc3)[C@H](c3ccccc3)C[C@H](O)[C@@]21O. The molecule has 0 aromatic heterocycles. The van der Waals surface area contributed by atoms with Crippen LogP contribution in [0.4, 0.5) is 0 Å². The van der Waals surface area contributed by atoms with Crippen molar-refractivity contribution in [2.75, 3.05) is 26.7 Å². The van der Waals surface area contributed by atoms with E-state index in [1.807, 2.05) is 60.7 Å². The van der Waals surface area contributed by atoms with Gasteiger partial charge in [-0.1, -0.05) is 61.0 Å². The van der Waals surface area contributed by atoms with Gasteiger partial charge in [-0.3, -0.25) is 0 Å². The zero-order valence-corrected chi connectivity index (χ0v) is 20.9. The third-order valence-electron chi connectivity index (χ3n) is 7.60. The van der Waals surface area contributed by atoms with Crippen molar-refractivity contribution >= 4 is 11.6 Å². The van der Waals surface area contributed by atoms with Crippen molar-refractivity contribution in [3.8, 4) is 11.5 Å². The molecule has 184 valence electrons. The van der Waals surface area contributed by atoms with E-state index in [1.165, 1.54) is 0 Å². The van der Waals surface area contributed by atoms with Gasteiger partial charge in [0.1, 0.15) is 11.5 Å². The number of hydrogen-bond acceptors (Lipinski definition) is 5. The first-order valence-corrected chi connectivity index (χ1v) is 12.6. The summed E-state index contributed by atoms with van der Waals surface area (Å²) in [5.74, 6) is 0.944. The van der Waals surface area contributed by atoms with Crippen LogP contribution in [0.2, 0.25) is 5.02 Å². The Kier molecular flexibility index (Phi) is 6.53. The molecule has 0 bridgehead atoms. The average Bonchev–Trinajstić information content (AvgIpc) is 3.27. The lowest BCUT2D eigenvalue weighted by atomic mass is 9.71. The van der Waals surface area contributed by atoms with E-state index in [9.17, 15) is 10.2 Å². The van der Waals surface area contributed by atoms with Crippen molar-refractivity contribution in [2.24, 2.45) is 0 Å². The average molecular weight is 494 g/mol. The van der Waals surface area contributed by atoms with Crippen molar-refractivity contribution in [3.63, 3.8) is 0 Å². The Morgan fingerprint density at radius 3 is 2.54 bits per heavy atom. The van der Waals surface area contributed by atoms with Gasteiger partial charge in [0.2, 0.25) is 0 Å². The number of benzene rings is 3. The van der Waals surface area contributed by atoms with Gasteiger partial charge in [-0.05, 0) is 61.8 Å². The second kappa shape index (κ2) is 9.47. The van der Waals surface area contributed by atoms with Crippen LogP contribution < -0.4 is 9.47 Å². The fourth-order valence-electron chi connectivity index (χ4n) is 5.68. The summed E-state index contributed by atoms with van der Waals surface area (Å²) < 4.78 is 12.8. The van der Waals surface area contributed by atoms with E-state index in [-0.39, 0.29) is 5.92 Å². The molecule has 1 aliphatic carbocycles. The smallest absolute Gasteiger partial charge is 0.176 e. The molecule has 1 heterocycles. The van der Waals surface area contributed by atoms with E-state index in [0.717, 1.165) is 30.6 Å². The molecule has 0 radical (unpaired) electrons. The molecule has 3 aromatic rings. The first-order valence-electron chi connectivity index (χ1n) is 12.3. The minimum Gasteiger partial charge on any atom is -0.493 e. The molecule has 1 fully saturated rings. The predicted molar refractivity (Wildman–Crippen MR) is 137 cm³/mol. The molecule has 1 aliphatic heterocycles. The molecule has 3 aromatic carbocycles. The van der Waals surface area contributed by atoms with Gasteiger partial charge >= 0.3 is 0 Å². The van der Waals surface area contributed by atoms with Crippen molar-refractivity contribution in [1.82, 2.24) is 4.90 Å². The van der Waals surface area contributed by atoms with Gasteiger partial charge in [0.25, 0.3) is 0 Å². The largest absolute Gasteiger partial charge is 0.493 e. The second-order valence-corrected chi connectivity index (χ2v) is 10.0. The third kappa shape index (κ3) is 3.91. The number of ether oxygens (including phenoxy) is 2. The van der Waals surface area contributed by atoms with Gasteiger partial charge in [0.15, 0.2) is 11.2 Å². The Hall–Kier alpha value is -2.57. The summed E-state index contributed by atoms with van der Waals surface area (Å²) in [6, 6.07) is 22.8. The van der Waals surface area contributed by atoms with E-state index < -0.39 is 17.3 Å². The van der Waals surface area contributed by atoms with E-state index in [4.69, 9.17) is 21.1 Å². The van der Waals surface area contributed by atoms with Gasteiger partial charge in [-0.15, -0.1) is 0 Å². The molecule has 0 saturated heterocycles. The molecule has 2 N–H and O–H groups in total. The zero-order chi connectivity index (χ0) is 24.6. The molecule has 1 saturated carbocycles. The van der Waals surface area contributed by atoms with Crippen LogP contribution >= 0.6 is 11.6 Å². The predicted octanol–water partition coefficient (Wildman–Crippen LogP) is 5.08. The maximum atomic E-state index is 12.3. The molecule has 0 unspecified atom stereocenters. The Balaban J connectivity index is 1.54. The van der Waals surface area contributed by atoms with Crippen molar-refractivity contribution in [3.05, 3.63) is 94.5 Å². The van der Waals surface area contributed by atoms with Crippen LogP contribution in [0.1, 0.15) is 42.4 Å². The van der Waals surface area contributed by atoms with Crippen LogP contribution in [-0.2, 0) is 11.2 Å². The van der Waals surface area contributed by atoms with Crippen molar-refractivity contribution < 1.29 is 19.7 Å². The summed E-state index contributed by atoms with van der Waals surface area (Å²) in [5, 5.41) is 24.2. The molecule has 6 heteroatoms. The number of rotatable bonds is 8. The van der Waals surface area contributed by atoms with E-state index >= 15 is 0 Å². The highest BCUT2D eigenvalue weighted by molar-refractivity contribution is 6.30. The molecule has 5 nitrogen and oxygen atoms in total. The lowest BCUT2D eigenvalue weighted by Crippen LogP contribution is -2.51. The molecule has 0 amide bonds. The fraction of sp³-hybridized carbons (Fsp3) is 0.379. The minimum atomic E-state index is -1.63. The van der Waals surface area contributed by atoms with Crippen LogP contribution in [0.3, 0.4) is 0 Å². The Morgan fingerprint density at radius 1 is 1.09 bits per heavy atom. The van der Waals surface area contributed by atoms with E-state index in [1.54, 1.807) is 12.1 Å². The van der Waals surface area contributed by atoms with Crippen molar-refractivity contribution in [2.45, 2.75) is 43.0 Å². The van der Waals surface area contributed by atoms with Crippen LogP contribution in [0, 0.1) is 0 Å². The Labute approximate surface area is 211 Å². The third-order valence-corrected chi connectivity index (χ3v) is 7.85. The Morgan fingerprint density at radius 2 is 1.83 bits per heavy atom. The van der Waals surface area contributed by atoms with Gasteiger partial charge < -0.3 is 24.6 Å².